The van der Waals surface area contributed by atoms with Crippen molar-refractivity contribution >= 4 is 27.5 Å². The molecule has 7 heteroatoms. The molecule has 0 atom stereocenters. The fourth-order valence-corrected chi connectivity index (χ4v) is 4.34. The van der Waals surface area contributed by atoms with Gasteiger partial charge in [-0.3, -0.25) is 4.79 Å². The third-order valence-electron chi connectivity index (χ3n) is 4.34. The average molecular weight is 386 g/mol. The highest BCUT2D eigenvalue weighted by molar-refractivity contribution is 7.16. The normalized spacial score (nSPS) is 11.7. The van der Waals surface area contributed by atoms with Crippen LogP contribution in [0.1, 0.15) is 21.5 Å². The first kappa shape index (κ1) is 19.0. The second-order valence-electron chi connectivity index (χ2n) is 6.20. The Hall–Kier alpha value is -2.80. The van der Waals surface area contributed by atoms with Crippen molar-refractivity contribution in [1.82, 2.24) is 4.57 Å². The fraction of sp³-hybridized carbons (Fsp3) is 0.300. The van der Waals surface area contributed by atoms with Crippen LogP contribution in [0.25, 0.3) is 10.2 Å². The van der Waals surface area contributed by atoms with Gasteiger partial charge in [-0.1, -0.05) is 17.4 Å². The van der Waals surface area contributed by atoms with Gasteiger partial charge < -0.3 is 18.8 Å². The standard InChI is InChI=1S/C20H22N2O4S/c1-11-7-12(2)17-16(8-11)27-20(22(17)3)21-19(23)13-9-14(24-4)18(26-6)15(10-13)25-5/h7-10H,1-6H3. The van der Waals surface area contributed by atoms with Crippen LogP contribution < -0.4 is 19.0 Å². The smallest absolute Gasteiger partial charge is 0.279 e. The van der Waals surface area contributed by atoms with Crippen LogP contribution in [-0.2, 0) is 7.05 Å². The van der Waals surface area contributed by atoms with Crippen LogP contribution >= 0.6 is 11.3 Å². The van der Waals surface area contributed by atoms with E-state index in [2.05, 4.69) is 31.0 Å². The Balaban J connectivity index is 2.14. The molecule has 0 radical (unpaired) electrons. The lowest BCUT2D eigenvalue weighted by Crippen LogP contribution is -2.14. The van der Waals surface area contributed by atoms with Crippen molar-refractivity contribution in [2.24, 2.45) is 12.0 Å². The minimum absolute atomic E-state index is 0.370. The molecule has 0 fully saturated rings. The summed E-state index contributed by atoms with van der Waals surface area (Å²) in [4.78, 5) is 17.8. The summed E-state index contributed by atoms with van der Waals surface area (Å²) in [5.41, 5.74) is 3.80. The van der Waals surface area contributed by atoms with Crippen molar-refractivity contribution in [1.29, 1.82) is 0 Å². The maximum atomic E-state index is 12.8. The predicted molar refractivity (Wildman–Crippen MR) is 106 cm³/mol. The Morgan fingerprint density at radius 1 is 1.00 bits per heavy atom. The number of fused-ring (bicyclic) bond motifs is 1. The summed E-state index contributed by atoms with van der Waals surface area (Å²) < 4.78 is 19.0. The van der Waals surface area contributed by atoms with Crippen LogP contribution in [0.15, 0.2) is 29.3 Å². The molecule has 1 heterocycles. The van der Waals surface area contributed by atoms with E-state index in [4.69, 9.17) is 14.2 Å². The summed E-state index contributed by atoms with van der Waals surface area (Å²) in [6.45, 7) is 4.12. The number of ether oxygens (including phenoxy) is 3. The van der Waals surface area contributed by atoms with Crippen molar-refractivity contribution in [2.45, 2.75) is 13.8 Å². The van der Waals surface area contributed by atoms with E-state index in [1.165, 1.54) is 38.2 Å². The highest BCUT2D eigenvalue weighted by Gasteiger charge is 2.17. The first-order valence-electron chi connectivity index (χ1n) is 8.35. The van der Waals surface area contributed by atoms with Crippen LogP contribution in [-0.4, -0.2) is 31.8 Å². The van der Waals surface area contributed by atoms with Gasteiger partial charge in [0.1, 0.15) is 0 Å². The van der Waals surface area contributed by atoms with Crippen LogP contribution in [0, 0.1) is 13.8 Å². The SMILES string of the molecule is COc1cc(C(=O)N=c2sc3cc(C)cc(C)c3n2C)cc(OC)c1OC. The summed E-state index contributed by atoms with van der Waals surface area (Å²) in [6, 6.07) is 7.45. The second kappa shape index (κ2) is 7.44. The number of carbonyl (C=O) groups excluding carboxylic acids is 1. The number of hydrogen-bond acceptors (Lipinski definition) is 5. The molecule has 0 saturated heterocycles. The van der Waals surface area contributed by atoms with Gasteiger partial charge in [0.15, 0.2) is 16.3 Å². The third kappa shape index (κ3) is 3.42. The number of aryl methyl sites for hydroxylation is 3. The molecule has 0 aliphatic heterocycles. The first-order chi connectivity index (χ1) is 12.9. The van der Waals surface area contributed by atoms with E-state index < -0.39 is 0 Å². The Labute approximate surface area is 161 Å². The van der Waals surface area contributed by atoms with Crippen LogP contribution in [0.2, 0.25) is 0 Å². The number of carbonyl (C=O) groups is 1. The maximum absolute atomic E-state index is 12.8. The average Bonchev–Trinajstić information content (AvgIpc) is 2.95. The molecule has 27 heavy (non-hydrogen) atoms. The van der Waals surface area contributed by atoms with Crippen LogP contribution in [0.3, 0.4) is 0 Å². The number of methoxy groups -OCH3 is 3. The lowest BCUT2D eigenvalue weighted by Gasteiger charge is -2.12. The van der Waals surface area contributed by atoms with Crippen molar-refractivity contribution < 1.29 is 19.0 Å². The largest absolute Gasteiger partial charge is 0.493 e. The van der Waals surface area contributed by atoms with E-state index in [-0.39, 0.29) is 5.91 Å². The minimum atomic E-state index is -0.370. The van der Waals surface area contributed by atoms with E-state index in [1.54, 1.807) is 12.1 Å². The van der Waals surface area contributed by atoms with Crippen LogP contribution in [0.4, 0.5) is 0 Å². The van der Waals surface area contributed by atoms with E-state index in [1.807, 2.05) is 11.6 Å². The molecule has 6 nitrogen and oxygen atoms in total. The van der Waals surface area contributed by atoms with E-state index in [0.717, 1.165) is 15.8 Å². The zero-order chi connectivity index (χ0) is 19.7. The lowest BCUT2D eigenvalue weighted by atomic mass is 10.1. The number of hydrogen-bond donors (Lipinski definition) is 0. The highest BCUT2D eigenvalue weighted by Crippen LogP contribution is 2.38. The van der Waals surface area contributed by atoms with Gasteiger partial charge >= 0.3 is 0 Å². The van der Waals surface area contributed by atoms with E-state index in [9.17, 15) is 4.79 Å². The minimum Gasteiger partial charge on any atom is -0.493 e. The Morgan fingerprint density at radius 2 is 1.63 bits per heavy atom. The van der Waals surface area contributed by atoms with E-state index in [0.29, 0.717) is 27.6 Å². The molecule has 0 spiro atoms. The quantitative estimate of drug-likeness (QED) is 0.687. The zero-order valence-corrected chi connectivity index (χ0v) is 17.1. The molecule has 0 unspecified atom stereocenters. The molecule has 0 aliphatic carbocycles. The number of aromatic nitrogens is 1. The molecule has 142 valence electrons. The summed E-state index contributed by atoms with van der Waals surface area (Å²) in [7, 11) is 6.47. The number of nitrogens with zero attached hydrogens (tertiary/aromatic N) is 2. The fourth-order valence-electron chi connectivity index (χ4n) is 3.14. The highest BCUT2D eigenvalue weighted by atomic mass is 32.1. The molecule has 3 rings (SSSR count). The summed E-state index contributed by atoms with van der Waals surface area (Å²) in [5, 5.41) is 0. The molecule has 0 bridgehead atoms. The molecular weight excluding hydrogens is 364 g/mol. The van der Waals surface area contributed by atoms with Gasteiger partial charge in [0.05, 0.1) is 31.5 Å². The number of rotatable bonds is 4. The van der Waals surface area contributed by atoms with Crippen molar-refractivity contribution in [2.75, 3.05) is 21.3 Å². The monoisotopic (exact) mass is 386 g/mol. The molecule has 2 aromatic carbocycles. The summed E-state index contributed by atoms with van der Waals surface area (Å²) in [6.07, 6.45) is 0. The molecule has 0 N–H and O–H groups in total. The summed E-state index contributed by atoms with van der Waals surface area (Å²) in [5.74, 6) is 0.908. The van der Waals surface area contributed by atoms with Gasteiger partial charge in [-0.05, 0) is 43.2 Å². The maximum Gasteiger partial charge on any atom is 0.279 e. The number of thiazole rings is 1. The van der Waals surface area contributed by atoms with Gasteiger partial charge in [0.2, 0.25) is 5.75 Å². The van der Waals surface area contributed by atoms with Gasteiger partial charge in [0, 0.05) is 12.6 Å². The van der Waals surface area contributed by atoms with Gasteiger partial charge in [0.25, 0.3) is 5.91 Å². The zero-order valence-electron chi connectivity index (χ0n) is 16.2. The molecular formula is C20H22N2O4S. The first-order valence-corrected chi connectivity index (χ1v) is 9.17. The Bertz CT molecular complexity index is 1070. The van der Waals surface area contributed by atoms with Crippen molar-refractivity contribution in [3.63, 3.8) is 0 Å². The molecule has 0 aliphatic rings. The topological polar surface area (TPSA) is 62.0 Å². The van der Waals surface area contributed by atoms with Gasteiger partial charge in [-0.15, -0.1) is 0 Å². The lowest BCUT2D eigenvalue weighted by molar-refractivity contribution is 0.0997. The summed E-state index contributed by atoms with van der Waals surface area (Å²) >= 11 is 1.49. The third-order valence-corrected chi connectivity index (χ3v) is 5.42. The van der Waals surface area contributed by atoms with Gasteiger partial charge in [-0.2, -0.15) is 4.99 Å². The molecule has 0 saturated carbocycles. The predicted octanol–water partition coefficient (Wildman–Crippen LogP) is 3.62. The Morgan fingerprint density at radius 3 is 2.19 bits per heavy atom. The second-order valence-corrected chi connectivity index (χ2v) is 7.21. The van der Waals surface area contributed by atoms with Crippen molar-refractivity contribution in [3.05, 3.63) is 45.8 Å². The molecule has 1 aromatic heterocycles. The van der Waals surface area contributed by atoms with Crippen molar-refractivity contribution in [3.8, 4) is 17.2 Å². The number of benzene rings is 2. The van der Waals surface area contributed by atoms with Gasteiger partial charge in [-0.25, -0.2) is 0 Å². The Kier molecular flexibility index (Phi) is 5.23. The molecule has 1 amide bonds. The number of amides is 1. The molecule has 3 aromatic rings. The van der Waals surface area contributed by atoms with E-state index >= 15 is 0 Å². The van der Waals surface area contributed by atoms with Crippen LogP contribution in [0.5, 0.6) is 17.2 Å².